The monoisotopic (exact) mass is 486 g/mol. The van der Waals surface area contributed by atoms with Crippen LogP contribution in [0.25, 0.3) is 11.4 Å². The second-order valence-electron chi connectivity index (χ2n) is 8.32. The van der Waals surface area contributed by atoms with Crippen molar-refractivity contribution >= 4 is 23.6 Å². The van der Waals surface area contributed by atoms with Gasteiger partial charge in [0, 0.05) is 42.2 Å². The Labute approximate surface area is 203 Å². The van der Waals surface area contributed by atoms with Crippen molar-refractivity contribution in [3.63, 3.8) is 0 Å². The van der Waals surface area contributed by atoms with Crippen LogP contribution in [0.2, 0.25) is 0 Å². The Morgan fingerprint density at radius 2 is 2.11 bits per heavy atom. The second kappa shape index (κ2) is 8.62. The second-order valence-corrected chi connectivity index (χ2v) is 8.32. The van der Waals surface area contributed by atoms with E-state index in [4.69, 9.17) is 15.0 Å². The predicted molar refractivity (Wildman–Crippen MR) is 121 cm³/mol. The number of fused-ring (bicyclic) bond motifs is 1. The summed E-state index contributed by atoms with van der Waals surface area (Å²) in [5.74, 6) is 3.88. The molecular formula is C24H18N6O6. The molecule has 2 aromatic heterocycles. The van der Waals surface area contributed by atoms with Crippen LogP contribution in [0.1, 0.15) is 38.6 Å². The first-order valence-electron chi connectivity index (χ1n) is 10.7. The van der Waals surface area contributed by atoms with Crippen LogP contribution in [0.4, 0.5) is 0 Å². The van der Waals surface area contributed by atoms with Crippen LogP contribution < -0.4 is 15.8 Å². The Balaban J connectivity index is 1.44. The largest absolute Gasteiger partial charge is 0.497 e. The smallest absolute Gasteiger partial charge is 0.316 e. The first-order chi connectivity index (χ1) is 17.3. The fourth-order valence-corrected chi connectivity index (χ4v) is 4.10. The lowest BCUT2D eigenvalue weighted by Crippen LogP contribution is -2.42. The fraction of sp³-hybridized carbons (Fsp3) is 0.208. The van der Waals surface area contributed by atoms with E-state index in [1.807, 2.05) is 0 Å². The average molecular weight is 486 g/mol. The van der Waals surface area contributed by atoms with Crippen molar-refractivity contribution in [3.8, 4) is 29.0 Å². The van der Waals surface area contributed by atoms with Crippen LogP contribution in [0.5, 0.6) is 5.75 Å². The van der Waals surface area contributed by atoms with Gasteiger partial charge in [0.15, 0.2) is 0 Å². The molecule has 3 aromatic rings. The summed E-state index contributed by atoms with van der Waals surface area (Å²) in [5.41, 5.74) is 5.76. The maximum absolute atomic E-state index is 13.0. The highest BCUT2D eigenvalue weighted by atomic mass is 16.5. The van der Waals surface area contributed by atoms with Gasteiger partial charge in [-0.05, 0) is 23.8 Å². The lowest BCUT2D eigenvalue weighted by molar-refractivity contribution is -0.127. The third kappa shape index (κ3) is 4.03. The third-order valence-electron chi connectivity index (χ3n) is 5.89. The SMILES string of the molecule is COc1ccc2c(c1)C(=O)N(C[C@@]1(C#Cc3cncc(-c4noc(C(N)=O)n4)c3)CC(=O)NC1=O)C2. The molecule has 1 aromatic carbocycles. The highest BCUT2D eigenvalue weighted by Gasteiger charge is 2.48. The number of ether oxygens (including phenoxy) is 1. The summed E-state index contributed by atoms with van der Waals surface area (Å²) in [5, 5.41) is 5.99. The van der Waals surface area contributed by atoms with Gasteiger partial charge in [0.05, 0.1) is 13.5 Å². The van der Waals surface area contributed by atoms with Gasteiger partial charge in [-0.1, -0.05) is 23.1 Å². The Bertz CT molecular complexity index is 1500. The van der Waals surface area contributed by atoms with E-state index in [-0.39, 0.29) is 37.1 Å². The molecule has 2 aliphatic rings. The quantitative estimate of drug-likeness (QED) is 0.380. The molecule has 1 saturated heterocycles. The number of rotatable bonds is 5. The molecule has 0 bridgehead atoms. The fourth-order valence-electron chi connectivity index (χ4n) is 4.10. The number of nitrogens with two attached hydrogens (primary N) is 1. The molecule has 3 N–H and O–H groups in total. The summed E-state index contributed by atoms with van der Waals surface area (Å²) in [6.07, 6.45) is 2.70. The highest BCUT2D eigenvalue weighted by Crippen LogP contribution is 2.33. The average Bonchev–Trinajstić information content (AvgIpc) is 3.55. The summed E-state index contributed by atoms with van der Waals surface area (Å²) in [7, 11) is 1.51. The minimum absolute atomic E-state index is 0.0761. The number of carbonyl (C=O) groups is 4. The summed E-state index contributed by atoms with van der Waals surface area (Å²) in [6.45, 7) is 0.202. The lowest BCUT2D eigenvalue weighted by Gasteiger charge is -2.25. The summed E-state index contributed by atoms with van der Waals surface area (Å²) in [4.78, 5) is 58.8. The number of aromatic nitrogens is 3. The number of nitrogens with one attached hydrogen (secondary N) is 1. The van der Waals surface area contributed by atoms with Crippen molar-refractivity contribution < 1.29 is 28.4 Å². The normalized spacial score (nSPS) is 18.5. The molecule has 0 saturated carbocycles. The van der Waals surface area contributed by atoms with Crippen molar-refractivity contribution in [1.29, 1.82) is 0 Å². The van der Waals surface area contributed by atoms with Crippen LogP contribution >= 0.6 is 0 Å². The zero-order chi connectivity index (χ0) is 25.4. The molecule has 2 aliphatic heterocycles. The van der Waals surface area contributed by atoms with Crippen LogP contribution in [-0.2, 0) is 16.1 Å². The van der Waals surface area contributed by atoms with Crippen LogP contribution in [0, 0.1) is 17.3 Å². The van der Waals surface area contributed by atoms with E-state index >= 15 is 0 Å². The molecule has 1 fully saturated rings. The maximum Gasteiger partial charge on any atom is 0.316 e. The molecule has 0 aliphatic carbocycles. The number of nitrogens with zero attached hydrogens (tertiary/aromatic N) is 4. The van der Waals surface area contributed by atoms with Crippen molar-refractivity contribution in [3.05, 3.63) is 59.2 Å². The molecule has 5 rings (SSSR count). The van der Waals surface area contributed by atoms with Gasteiger partial charge in [-0.15, -0.1) is 0 Å². The summed E-state index contributed by atoms with van der Waals surface area (Å²) >= 11 is 0. The van der Waals surface area contributed by atoms with Crippen LogP contribution in [0.3, 0.4) is 0 Å². The van der Waals surface area contributed by atoms with Crippen molar-refractivity contribution in [2.75, 3.05) is 13.7 Å². The Morgan fingerprint density at radius 1 is 1.28 bits per heavy atom. The van der Waals surface area contributed by atoms with Crippen molar-refractivity contribution in [2.45, 2.75) is 13.0 Å². The Kier molecular flexibility index (Phi) is 5.44. The van der Waals surface area contributed by atoms with Crippen LogP contribution in [-0.4, -0.2) is 57.3 Å². The number of primary amides is 1. The Hall–Kier alpha value is -5.05. The minimum Gasteiger partial charge on any atom is -0.497 e. The molecule has 0 unspecified atom stereocenters. The third-order valence-corrected chi connectivity index (χ3v) is 5.89. The van der Waals surface area contributed by atoms with Gasteiger partial charge in [-0.2, -0.15) is 4.98 Å². The maximum atomic E-state index is 13.0. The van der Waals surface area contributed by atoms with Gasteiger partial charge in [-0.3, -0.25) is 29.5 Å². The van der Waals surface area contributed by atoms with E-state index in [0.717, 1.165) is 5.56 Å². The summed E-state index contributed by atoms with van der Waals surface area (Å²) < 4.78 is 10.00. The van der Waals surface area contributed by atoms with Crippen LogP contribution in [0.15, 0.2) is 41.2 Å². The molecule has 1 atom stereocenters. The number of methoxy groups -OCH3 is 1. The number of amides is 4. The number of benzene rings is 1. The molecule has 4 heterocycles. The molecule has 180 valence electrons. The van der Waals surface area contributed by atoms with Gasteiger partial charge >= 0.3 is 11.8 Å². The van der Waals surface area contributed by atoms with E-state index in [1.54, 1.807) is 24.3 Å². The molecule has 12 heteroatoms. The van der Waals surface area contributed by atoms with E-state index in [0.29, 0.717) is 22.4 Å². The number of imide groups is 1. The molecule has 12 nitrogen and oxygen atoms in total. The van der Waals surface area contributed by atoms with E-state index in [2.05, 4.69) is 32.3 Å². The van der Waals surface area contributed by atoms with Gasteiger partial charge in [0.2, 0.25) is 17.6 Å². The van der Waals surface area contributed by atoms with E-state index in [9.17, 15) is 19.2 Å². The minimum atomic E-state index is -1.44. The first-order valence-corrected chi connectivity index (χ1v) is 10.7. The van der Waals surface area contributed by atoms with E-state index in [1.165, 1.54) is 24.4 Å². The Morgan fingerprint density at radius 3 is 2.81 bits per heavy atom. The standard InChI is InChI=1S/C24H18N6O6/c1-35-16-3-2-14-11-30(22(33)17(14)7-16)12-24(8-18(31)27-23(24)34)5-4-13-6-15(10-26-9-13)20-28-21(19(25)32)36-29-20/h2-3,6-7,9-10H,8,11-12H2,1H3,(H2,25,32)(H,27,31,34)/t24-/m1/s1. The zero-order valence-electron chi connectivity index (χ0n) is 18.9. The number of hydrogen-bond acceptors (Lipinski definition) is 9. The molecule has 36 heavy (non-hydrogen) atoms. The molecule has 4 amide bonds. The first kappa shape index (κ1) is 22.7. The van der Waals surface area contributed by atoms with Gasteiger partial charge < -0.3 is 19.9 Å². The van der Waals surface area contributed by atoms with Crippen molar-refractivity contribution in [1.82, 2.24) is 25.3 Å². The van der Waals surface area contributed by atoms with Crippen molar-refractivity contribution in [2.24, 2.45) is 11.1 Å². The molecular weight excluding hydrogens is 468 g/mol. The van der Waals surface area contributed by atoms with Gasteiger partial charge in [-0.25, -0.2) is 0 Å². The van der Waals surface area contributed by atoms with Gasteiger partial charge in [0.25, 0.3) is 5.91 Å². The number of hydrogen-bond donors (Lipinski definition) is 2. The molecule has 0 spiro atoms. The summed E-state index contributed by atoms with van der Waals surface area (Å²) in [6, 6.07) is 6.78. The van der Waals surface area contributed by atoms with E-state index < -0.39 is 23.1 Å². The van der Waals surface area contributed by atoms with Gasteiger partial charge in [0.1, 0.15) is 11.2 Å². The lowest BCUT2D eigenvalue weighted by atomic mass is 9.85. The highest BCUT2D eigenvalue weighted by molar-refractivity contribution is 6.08. The molecule has 0 radical (unpaired) electrons. The predicted octanol–water partition coefficient (Wildman–Crippen LogP) is 0.280. The zero-order valence-corrected chi connectivity index (χ0v) is 18.9. The number of pyridine rings is 1. The number of carbonyl (C=O) groups excluding carboxylic acids is 4. The topological polar surface area (TPSA) is 171 Å².